The summed E-state index contributed by atoms with van der Waals surface area (Å²) in [6.07, 6.45) is 0.215. The molecule has 0 heterocycles. The van der Waals surface area contributed by atoms with Crippen molar-refractivity contribution >= 4 is 5.91 Å². The summed E-state index contributed by atoms with van der Waals surface area (Å²) in [5, 5.41) is 2.90. The minimum Gasteiger partial charge on any atom is -0.497 e. The van der Waals surface area contributed by atoms with Crippen LogP contribution in [0, 0.1) is 0 Å². The van der Waals surface area contributed by atoms with Crippen LogP contribution in [-0.4, -0.2) is 34.3 Å². The molecular weight excluding hydrogens is 322 g/mol. The molecule has 6 heteroatoms. The molecule has 0 bridgehead atoms. The summed E-state index contributed by atoms with van der Waals surface area (Å²) < 4.78 is 21.0. The van der Waals surface area contributed by atoms with Crippen LogP contribution in [0.2, 0.25) is 0 Å². The predicted octanol–water partition coefficient (Wildman–Crippen LogP) is 2.58. The lowest BCUT2D eigenvalue weighted by Gasteiger charge is -2.14. The van der Waals surface area contributed by atoms with Crippen molar-refractivity contribution in [2.45, 2.75) is 13.0 Å². The van der Waals surface area contributed by atoms with Gasteiger partial charge < -0.3 is 24.3 Å². The fraction of sp³-hybridized carbons (Fsp3) is 0.316. The van der Waals surface area contributed by atoms with Crippen molar-refractivity contribution in [3.8, 4) is 23.0 Å². The highest BCUT2D eigenvalue weighted by atomic mass is 16.5. The number of ether oxygens (including phenoxy) is 4. The monoisotopic (exact) mass is 345 g/mol. The molecule has 2 rings (SSSR count). The molecule has 0 spiro atoms. The highest BCUT2D eigenvalue weighted by Gasteiger charge is 2.14. The van der Waals surface area contributed by atoms with Gasteiger partial charge in [-0.1, -0.05) is 12.1 Å². The van der Waals surface area contributed by atoms with Crippen molar-refractivity contribution in [1.82, 2.24) is 5.32 Å². The van der Waals surface area contributed by atoms with Crippen LogP contribution in [0.15, 0.2) is 36.4 Å². The van der Waals surface area contributed by atoms with Crippen LogP contribution in [0.1, 0.15) is 11.1 Å². The van der Waals surface area contributed by atoms with Crippen molar-refractivity contribution < 1.29 is 23.7 Å². The van der Waals surface area contributed by atoms with E-state index in [0.717, 1.165) is 16.9 Å². The van der Waals surface area contributed by atoms with Gasteiger partial charge in [0.2, 0.25) is 11.7 Å². The molecule has 0 aromatic heterocycles. The van der Waals surface area contributed by atoms with E-state index < -0.39 is 0 Å². The normalized spacial score (nSPS) is 10.1. The third-order valence-corrected chi connectivity index (χ3v) is 3.74. The standard InChI is InChI=1S/C19H23NO5/c1-22-15-7-5-13(6-8-15)12-20-18(21)11-14-9-16(23-2)19(25-4)17(10-14)24-3/h5-10H,11-12H2,1-4H3,(H,20,21). The molecule has 2 aromatic carbocycles. The van der Waals surface area contributed by atoms with Gasteiger partial charge in [0.25, 0.3) is 0 Å². The lowest BCUT2D eigenvalue weighted by Crippen LogP contribution is -2.24. The first kappa shape index (κ1) is 18.4. The van der Waals surface area contributed by atoms with Crippen LogP contribution in [0.5, 0.6) is 23.0 Å². The summed E-state index contributed by atoms with van der Waals surface area (Å²) in [6, 6.07) is 11.1. The van der Waals surface area contributed by atoms with E-state index in [-0.39, 0.29) is 12.3 Å². The first-order chi connectivity index (χ1) is 12.1. The number of rotatable bonds is 8. The molecule has 0 saturated heterocycles. The van der Waals surface area contributed by atoms with Gasteiger partial charge in [-0.25, -0.2) is 0 Å². The van der Waals surface area contributed by atoms with Gasteiger partial charge >= 0.3 is 0 Å². The van der Waals surface area contributed by atoms with Crippen LogP contribution in [0.4, 0.5) is 0 Å². The minimum atomic E-state index is -0.0925. The van der Waals surface area contributed by atoms with Gasteiger partial charge in [0, 0.05) is 6.54 Å². The van der Waals surface area contributed by atoms with E-state index in [9.17, 15) is 4.79 Å². The molecular formula is C19H23NO5. The van der Waals surface area contributed by atoms with Crippen molar-refractivity contribution in [3.05, 3.63) is 47.5 Å². The zero-order valence-electron chi connectivity index (χ0n) is 14.9. The summed E-state index contributed by atoms with van der Waals surface area (Å²) in [5.74, 6) is 2.25. The van der Waals surface area contributed by atoms with Gasteiger partial charge in [-0.05, 0) is 35.4 Å². The van der Waals surface area contributed by atoms with Crippen LogP contribution < -0.4 is 24.3 Å². The van der Waals surface area contributed by atoms with Crippen LogP contribution >= 0.6 is 0 Å². The van der Waals surface area contributed by atoms with E-state index in [0.29, 0.717) is 23.8 Å². The molecule has 0 aliphatic carbocycles. The third-order valence-electron chi connectivity index (χ3n) is 3.74. The fourth-order valence-electron chi connectivity index (χ4n) is 2.43. The van der Waals surface area contributed by atoms with Gasteiger partial charge in [-0.15, -0.1) is 0 Å². The Balaban J connectivity index is 2.01. The Hall–Kier alpha value is -2.89. The average Bonchev–Trinajstić information content (AvgIpc) is 2.65. The van der Waals surface area contributed by atoms with E-state index in [4.69, 9.17) is 18.9 Å². The highest BCUT2D eigenvalue weighted by Crippen LogP contribution is 2.38. The van der Waals surface area contributed by atoms with Gasteiger partial charge in [0.1, 0.15) is 5.75 Å². The molecule has 0 atom stereocenters. The van der Waals surface area contributed by atoms with Crippen molar-refractivity contribution in [1.29, 1.82) is 0 Å². The van der Waals surface area contributed by atoms with E-state index in [1.807, 2.05) is 24.3 Å². The fourth-order valence-corrected chi connectivity index (χ4v) is 2.43. The topological polar surface area (TPSA) is 66.0 Å². The molecule has 0 aliphatic rings. The summed E-state index contributed by atoms with van der Waals surface area (Å²) in [6.45, 7) is 0.452. The molecule has 6 nitrogen and oxygen atoms in total. The molecule has 1 N–H and O–H groups in total. The number of hydrogen-bond donors (Lipinski definition) is 1. The Morgan fingerprint density at radius 1 is 0.840 bits per heavy atom. The van der Waals surface area contributed by atoms with Crippen molar-refractivity contribution in [3.63, 3.8) is 0 Å². The quantitative estimate of drug-likeness (QED) is 0.797. The molecule has 0 radical (unpaired) electrons. The number of carbonyl (C=O) groups is 1. The number of amides is 1. The lowest BCUT2D eigenvalue weighted by molar-refractivity contribution is -0.120. The maximum absolute atomic E-state index is 12.2. The van der Waals surface area contributed by atoms with Crippen molar-refractivity contribution in [2.75, 3.05) is 28.4 Å². The molecule has 134 valence electrons. The molecule has 1 amide bonds. The zero-order valence-corrected chi connectivity index (χ0v) is 14.9. The van der Waals surface area contributed by atoms with Gasteiger partial charge in [0.15, 0.2) is 11.5 Å². The van der Waals surface area contributed by atoms with E-state index in [1.54, 1.807) is 40.6 Å². The van der Waals surface area contributed by atoms with Gasteiger partial charge in [-0.2, -0.15) is 0 Å². The summed E-state index contributed by atoms with van der Waals surface area (Å²) in [5.41, 5.74) is 1.78. The first-order valence-corrected chi connectivity index (χ1v) is 7.79. The van der Waals surface area contributed by atoms with E-state index in [2.05, 4.69) is 5.32 Å². The molecule has 0 saturated carbocycles. The molecule has 0 unspecified atom stereocenters. The van der Waals surface area contributed by atoms with Gasteiger partial charge in [0.05, 0.1) is 34.9 Å². The van der Waals surface area contributed by atoms with E-state index in [1.165, 1.54) is 0 Å². The third kappa shape index (κ3) is 4.79. The SMILES string of the molecule is COc1ccc(CNC(=O)Cc2cc(OC)c(OC)c(OC)c2)cc1. The second kappa shape index (κ2) is 8.82. The second-order valence-electron chi connectivity index (χ2n) is 5.34. The Bertz CT molecular complexity index is 687. The Morgan fingerprint density at radius 2 is 1.44 bits per heavy atom. The number of benzene rings is 2. The summed E-state index contributed by atoms with van der Waals surface area (Å²) >= 11 is 0. The highest BCUT2D eigenvalue weighted by molar-refractivity contribution is 5.79. The largest absolute Gasteiger partial charge is 0.497 e. The maximum Gasteiger partial charge on any atom is 0.224 e. The Morgan fingerprint density at radius 3 is 1.92 bits per heavy atom. The predicted molar refractivity (Wildman–Crippen MR) is 94.6 cm³/mol. The lowest BCUT2D eigenvalue weighted by atomic mass is 10.1. The zero-order chi connectivity index (χ0) is 18.2. The molecule has 0 aliphatic heterocycles. The van der Waals surface area contributed by atoms with Crippen LogP contribution in [-0.2, 0) is 17.8 Å². The number of hydrogen-bond acceptors (Lipinski definition) is 5. The smallest absolute Gasteiger partial charge is 0.224 e. The van der Waals surface area contributed by atoms with Crippen LogP contribution in [0.25, 0.3) is 0 Å². The number of methoxy groups -OCH3 is 4. The first-order valence-electron chi connectivity index (χ1n) is 7.79. The summed E-state index contributed by atoms with van der Waals surface area (Å²) in [7, 11) is 6.26. The Kier molecular flexibility index (Phi) is 6.51. The number of nitrogens with one attached hydrogen (secondary N) is 1. The van der Waals surface area contributed by atoms with Gasteiger partial charge in [-0.3, -0.25) is 4.79 Å². The second-order valence-corrected chi connectivity index (χ2v) is 5.34. The molecule has 0 fully saturated rings. The molecule has 25 heavy (non-hydrogen) atoms. The Labute approximate surface area is 147 Å². The minimum absolute atomic E-state index is 0.0925. The molecule has 2 aromatic rings. The van der Waals surface area contributed by atoms with Crippen LogP contribution in [0.3, 0.4) is 0 Å². The van der Waals surface area contributed by atoms with E-state index >= 15 is 0 Å². The van der Waals surface area contributed by atoms with Crippen molar-refractivity contribution in [2.24, 2.45) is 0 Å². The number of carbonyl (C=O) groups excluding carboxylic acids is 1. The maximum atomic E-state index is 12.2. The average molecular weight is 345 g/mol. The summed E-state index contributed by atoms with van der Waals surface area (Å²) in [4.78, 5) is 12.2.